The molecule has 0 spiro atoms. The van der Waals surface area contributed by atoms with Crippen molar-refractivity contribution in [3.05, 3.63) is 45.5 Å². The summed E-state index contributed by atoms with van der Waals surface area (Å²) in [5, 5.41) is 21.3. The van der Waals surface area contributed by atoms with Gasteiger partial charge < -0.3 is 10.2 Å². The third-order valence-corrected chi connectivity index (χ3v) is 6.68. The van der Waals surface area contributed by atoms with E-state index in [4.69, 9.17) is 0 Å². The van der Waals surface area contributed by atoms with E-state index in [2.05, 4.69) is 53.7 Å². The van der Waals surface area contributed by atoms with Crippen molar-refractivity contribution >= 4 is 11.8 Å². The van der Waals surface area contributed by atoms with E-state index in [1.807, 2.05) is 0 Å². The van der Waals surface area contributed by atoms with Crippen LogP contribution in [0.1, 0.15) is 74.9 Å². The van der Waals surface area contributed by atoms with Crippen LogP contribution in [0.25, 0.3) is 0 Å². The molecule has 0 saturated carbocycles. The van der Waals surface area contributed by atoms with E-state index in [9.17, 15) is 10.2 Å². The SMILES string of the molecule is CCc1cc(Sc2cc(CC)c(O)c(CC)c2CC)c(CC)c(CC)c1O. The van der Waals surface area contributed by atoms with Crippen LogP contribution >= 0.6 is 11.8 Å². The zero-order valence-electron chi connectivity index (χ0n) is 17.7. The normalized spacial score (nSPS) is 11.2. The van der Waals surface area contributed by atoms with Crippen molar-refractivity contribution in [3.63, 3.8) is 0 Å². The fraction of sp³-hybridized carbons (Fsp3) is 0.500. The van der Waals surface area contributed by atoms with Gasteiger partial charge in [0.2, 0.25) is 0 Å². The van der Waals surface area contributed by atoms with Gasteiger partial charge in [0.25, 0.3) is 0 Å². The molecule has 0 unspecified atom stereocenters. The number of phenolic OH excluding ortho intramolecular Hbond substituents is 2. The summed E-state index contributed by atoms with van der Waals surface area (Å²) in [7, 11) is 0. The molecule has 0 radical (unpaired) electrons. The first-order valence-corrected chi connectivity index (χ1v) is 11.2. The van der Waals surface area contributed by atoms with Crippen LogP contribution in [0.5, 0.6) is 11.5 Å². The third kappa shape index (κ3) is 4.13. The maximum atomic E-state index is 10.7. The summed E-state index contributed by atoms with van der Waals surface area (Å²) in [6, 6.07) is 4.34. The van der Waals surface area contributed by atoms with Gasteiger partial charge in [0.15, 0.2) is 0 Å². The zero-order valence-corrected chi connectivity index (χ0v) is 18.5. The van der Waals surface area contributed by atoms with Crippen LogP contribution in [0.3, 0.4) is 0 Å². The second-order valence-corrected chi connectivity index (χ2v) is 7.99. The molecular formula is C24H34O2S. The molecule has 3 heteroatoms. The highest BCUT2D eigenvalue weighted by atomic mass is 32.2. The van der Waals surface area contributed by atoms with Crippen LogP contribution < -0.4 is 0 Å². The smallest absolute Gasteiger partial charge is 0.122 e. The minimum atomic E-state index is 0.478. The highest BCUT2D eigenvalue weighted by Gasteiger charge is 2.19. The predicted molar refractivity (Wildman–Crippen MR) is 117 cm³/mol. The highest BCUT2D eigenvalue weighted by molar-refractivity contribution is 7.99. The number of phenols is 2. The number of hydrogen-bond acceptors (Lipinski definition) is 3. The summed E-state index contributed by atoms with van der Waals surface area (Å²) >= 11 is 1.80. The van der Waals surface area contributed by atoms with Crippen molar-refractivity contribution in [2.75, 3.05) is 0 Å². The van der Waals surface area contributed by atoms with Crippen LogP contribution in [0, 0.1) is 0 Å². The summed E-state index contributed by atoms with van der Waals surface area (Å²) in [5.41, 5.74) is 6.72. The van der Waals surface area contributed by atoms with Gasteiger partial charge in [-0.15, -0.1) is 0 Å². The second-order valence-electron chi connectivity index (χ2n) is 6.90. The van der Waals surface area contributed by atoms with Gasteiger partial charge in [-0.3, -0.25) is 0 Å². The van der Waals surface area contributed by atoms with E-state index in [0.29, 0.717) is 11.5 Å². The van der Waals surface area contributed by atoms with Gasteiger partial charge in [-0.05, 0) is 84.0 Å². The lowest BCUT2D eigenvalue weighted by molar-refractivity contribution is 0.460. The van der Waals surface area contributed by atoms with Gasteiger partial charge in [0.1, 0.15) is 11.5 Å². The van der Waals surface area contributed by atoms with E-state index in [1.54, 1.807) is 11.8 Å². The number of benzene rings is 2. The van der Waals surface area contributed by atoms with E-state index < -0.39 is 0 Å². The average Bonchev–Trinajstić information content (AvgIpc) is 2.68. The lowest BCUT2D eigenvalue weighted by Crippen LogP contribution is -2.01. The van der Waals surface area contributed by atoms with Crippen LogP contribution in [-0.2, 0) is 38.5 Å². The fourth-order valence-electron chi connectivity index (χ4n) is 3.97. The summed E-state index contributed by atoms with van der Waals surface area (Å²) < 4.78 is 0. The quantitative estimate of drug-likeness (QED) is 0.535. The Morgan fingerprint density at radius 3 is 1.15 bits per heavy atom. The van der Waals surface area contributed by atoms with Gasteiger partial charge in [-0.1, -0.05) is 53.3 Å². The van der Waals surface area contributed by atoms with Crippen molar-refractivity contribution in [2.24, 2.45) is 0 Å². The Kier molecular flexibility index (Phi) is 7.67. The van der Waals surface area contributed by atoms with Gasteiger partial charge >= 0.3 is 0 Å². The first kappa shape index (κ1) is 21.7. The number of hydrogen-bond donors (Lipinski definition) is 2. The summed E-state index contributed by atoms with van der Waals surface area (Å²) in [5.74, 6) is 0.956. The van der Waals surface area contributed by atoms with Gasteiger partial charge in [-0.25, -0.2) is 0 Å². The van der Waals surface area contributed by atoms with E-state index >= 15 is 0 Å². The third-order valence-electron chi connectivity index (χ3n) is 5.51. The maximum absolute atomic E-state index is 10.7. The molecule has 148 valence electrons. The molecule has 2 nitrogen and oxygen atoms in total. The molecule has 0 fully saturated rings. The molecule has 0 aliphatic heterocycles. The van der Waals surface area contributed by atoms with Gasteiger partial charge in [-0.2, -0.15) is 0 Å². The minimum Gasteiger partial charge on any atom is -0.507 e. The molecule has 0 amide bonds. The molecule has 0 heterocycles. The Bertz CT molecular complexity index is 742. The molecule has 2 aromatic carbocycles. The lowest BCUT2D eigenvalue weighted by Gasteiger charge is -2.21. The molecule has 0 aliphatic rings. The first-order chi connectivity index (χ1) is 13.0. The molecule has 2 rings (SSSR count). The number of rotatable bonds is 8. The predicted octanol–water partition coefficient (Wildman–Crippen LogP) is 6.62. The van der Waals surface area contributed by atoms with E-state index in [-0.39, 0.29) is 0 Å². The van der Waals surface area contributed by atoms with Gasteiger partial charge in [0, 0.05) is 9.79 Å². The maximum Gasteiger partial charge on any atom is 0.122 e. The molecule has 2 aromatic rings. The molecule has 27 heavy (non-hydrogen) atoms. The van der Waals surface area contributed by atoms with Crippen LogP contribution in [0.15, 0.2) is 21.9 Å². The minimum absolute atomic E-state index is 0.478. The van der Waals surface area contributed by atoms with Crippen molar-refractivity contribution in [3.8, 4) is 11.5 Å². The summed E-state index contributed by atoms with van der Waals surface area (Å²) in [6.07, 6.45) is 5.15. The van der Waals surface area contributed by atoms with Crippen molar-refractivity contribution in [1.29, 1.82) is 0 Å². The zero-order chi connectivity index (χ0) is 20.1. The molecule has 0 aromatic heterocycles. The van der Waals surface area contributed by atoms with Gasteiger partial charge in [0.05, 0.1) is 0 Å². The Labute approximate surface area is 169 Å². The van der Waals surface area contributed by atoms with E-state index in [0.717, 1.165) is 60.8 Å². The van der Waals surface area contributed by atoms with Crippen molar-refractivity contribution in [2.45, 2.75) is 89.9 Å². The fourth-order valence-corrected chi connectivity index (χ4v) is 5.40. The largest absolute Gasteiger partial charge is 0.507 e. The van der Waals surface area contributed by atoms with Crippen LogP contribution in [0.2, 0.25) is 0 Å². The topological polar surface area (TPSA) is 40.5 Å². The Morgan fingerprint density at radius 1 is 0.556 bits per heavy atom. The Balaban J connectivity index is 2.69. The Morgan fingerprint density at radius 2 is 0.889 bits per heavy atom. The standard InChI is InChI=1S/C24H34O2S/c1-7-15-13-21(17(9-3)19(11-5)23(15)25)27-22-14-16(8-2)24(26)20(12-6)18(22)10-4/h13-14,25-26H,7-12H2,1-6H3. The van der Waals surface area contributed by atoms with Crippen molar-refractivity contribution in [1.82, 2.24) is 0 Å². The number of aromatic hydroxyl groups is 2. The first-order valence-electron chi connectivity index (χ1n) is 10.4. The Hall–Kier alpha value is -1.61. The molecule has 2 N–H and O–H groups in total. The monoisotopic (exact) mass is 386 g/mol. The van der Waals surface area contributed by atoms with E-state index in [1.165, 1.54) is 20.9 Å². The molecule has 0 saturated heterocycles. The molecule has 0 atom stereocenters. The highest BCUT2D eigenvalue weighted by Crippen LogP contribution is 2.43. The molecule has 0 aliphatic carbocycles. The van der Waals surface area contributed by atoms with Crippen molar-refractivity contribution < 1.29 is 10.2 Å². The molecular weight excluding hydrogens is 352 g/mol. The second kappa shape index (κ2) is 9.54. The summed E-state index contributed by atoms with van der Waals surface area (Å²) in [4.78, 5) is 2.49. The molecule has 0 bridgehead atoms. The number of aryl methyl sites for hydroxylation is 2. The van der Waals surface area contributed by atoms with Crippen LogP contribution in [-0.4, -0.2) is 10.2 Å². The summed E-state index contributed by atoms with van der Waals surface area (Å²) in [6.45, 7) is 12.7. The lowest BCUT2D eigenvalue weighted by atomic mass is 9.97. The van der Waals surface area contributed by atoms with Crippen LogP contribution in [0.4, 0.5) is 0 Å². The average molecular weight is 387 g/mol.